The summed E-state index contributed by atoms with van der Waals surface area (Å²) in [6.45, 7) is 0.709. The summed E-state index contributed by atoms with van der Waals surface area (Å²) in [5.74, 6) is 0.980. The van der Waals surface area contributed by atoms with Crippen molar-refractivity contribution in [3.05, 3.63) is 58.1 Å². The van der Waals surface area contributed by atoms with Gasteiger partial charge in [-0.2, -0.15) is 0 Å². The molecule has 0 aromatic heterocycles. The summed E-state index contributed by atoms with van der Waals surface area (Å²) < 4.78 is 6.82. The molecule has 0 saturated carbocycles. The van der Waals surface area contributed by atoms with E-state index in [0.29, 0.717) is 11.5 Å². The van der Waals surface area contributed by atoms with Gasteiger partial charge in [0.1, 0.15) is 16.8 Å². The van der Waals surface area contributed by atoms with Crippen molar-refractivity contribution in [2.75, 3.05) is 11.9 Å². The summed E-state index contributed by atoms with van der Waals surface area (Å²) in [7, 11) is 0. The average Bonchev–Trinajstić information content (AvgIpc) is 2.87. The highest BCUT2D eigenvalue weighted by Gasteiger charge is 2.22. The van der Waals surface area contributed by atoms with E-state index in [1.54, 1.807) is 0 Å². The van der Waals surface area contributed by atoms with Crippen molar-refractivity contribution in [2.24, 2.45) is 5.73 Å². The zero-order valence-electron chi connectivity index (χ0n) is 11.3. The van der Waals surface area contributed by atoms with Crippen LogP contribution in [0.4, 0.5) is 5.69 Å². The first-order valence-electron chi connectivity index (χ1n) is 6.72. The highest BCUT2D eigenvalue weighted by molar-refractivity contribution is 9.10. The summed E-state index contributed by atoms with van der Waals surface area (Å²) in [4.78, 5) is 0.376. The number of para-hydroxylation sites is 1. The van der Waals surface area contributed by atoms with Crippen LogP contribution >= 0.6 is 28.1 Å². The number of nitrogens with one attached hydrogen (secondary N) is 1. The first-order chi connectivity index (χ1) is 10.1. The Hall–Kier alpha value is -1.59. The van der Waals surface area contributed by atoms with Crippen LogP contribution in [0.1, 0.15) is 11.1 Å². The zero-order chi connectivity index (χ0) is 14.8. The largest absolute Gasteiger partial charge is 0.488 e. The molecule has 3 rings (SSSR count). The molecule has 1 aliphatic heterocycles. The molecule has 0 amide bonds. The van der Waals surface area contributed by atoms with Gasteiger partial charge in [0.2, 0.25) is 0 Å². The van der Waals surface area contributed by atoms with Crippen LogP contribution in [0.15, 0.2) is 46.9 Å². The maximum atomic E-state index is 5.92. The Morgan fingerprint density at radius 1 is 1.29 bits per heavy atom. The van der Waals surface area contributed by atoms with E-state index in [0.717, 1.165) is 27.9 Å². The minimum Gasteiger partial charge on any atom is -0.488 e. The standard InChI is InChI=1S/C16H15BrN2OS/c17-12-5-3-6-13(15(12)16(18)21)19-9-11-8-10-4-1-2-7-14(10)20-11/h1-7,11,19H,8-9H2,(H2,18,21). The molecule has 0 radical (unpaired) electrons. The first-order valence-corrected chi connectivity index (χ1v) is 7.92. The summed E-state index contributed by atoms with van der Waals surface area (Å²) in [6, 6.07) is 14.0. The number of hydrogen-bond acceptors (Lipinski definition) is 3. The molecule has 0 bridgehead atoms. The first kappa shape index (κ1) is 14.4. The maximum Gasteiger partial charge on any atom is 0.123 e. The second-order valence-corrected chi connectivity index (χ2v) is 6.25. The molecule has 0 saturated heterocycles. The Labute approximate surface area is 137 Å². The predicted molar refractivity (Wildman–Crippen MR) is 93.1 cm³/mol. The molecule has 108 valence electrons. The molecule has 2 aromatic rings. The topological polar surface area (TPSA) is 47.3 Å². The molecule has 2 aromatic carbocycles. The van der Waals surface area contributed by atoms with Crippen LogP contribution in [0.2, 0.25) is 0 Å². The van der Waals surface area contributed by atoms with Crippen LogP contribution < -0.4 is 15.8 Å². The molecular formula is C16H15BrN2OS. The van der Waals surface area contributed by atoms with Gasteiger partial charge in [0.25, 0.3) is 0 Å². The summed E-state index contributed by atoms with van der Waals surface area (Å²) >= 11 is 8.61. The van der Waals surface area contributed by atoms with Gasteiger partial charge in [0, 0.05) is 22.1 Å². The molecule has 0 fully saturated rings. The van der Waals surface area contributed by atoms with Crippen LogP contribution in [-0.2, 0) is 6.42 Å². The number of rotatable bonds is 4. The third kappa shape index (κ3) is 3.04. The number of nitrogens with two attached hydrogens (primary N) is 1. The summed E-state index contributed by atoms with van der Waals surface area (Å²) in [5, 5.41) is 3.39. The molecule has 1 aliphatic rings. The highest BCUT2D eigenvalue weighted by Crippen LogP contribution is 2.29. The van der Waals surface area contributed by atoms with Gasteiger partial charge in [0.15, 0.2) is 0 Å². The number of halogens is 1. The Bertz CT molecular complexity index is 665. The van der Waals surface area contributed by atoms with E-state index in [4.69, 9.17) is 22.7 Å². The monoisotopic (exact) mass is 362 g/mol. The third-order valence-electron chi connectivity index (χ3n) is 3.49. The van der Waals surface area contributed by atoms with Crippen molar-refractivity contribution in [2.45, 2.75) is 12.5 Å². The fourth-order valence-corrected chi connectivity index (χ4v) is 3.44. The van der Waals surface area contributed by atoms with Crippen LogP contribution in [0.5, 0.6) is 5.75 Å². The molecule has 3 N–H and O–H groups in total. The Morgan fingerprint density at radius 3 is 2.86 bits per heavy atom. The lowest BCUT2D eigenvalue weighted by Crippen LogP contribution is -2.25. The van der Waals surface area contributed by atoms with Crippen molar-refractivity contribution in [1.82, 2.24) is 0 Å². The van der Waals surface area contributed by atoms with Crippen molar-refractivity contribution >= 4 is 38.8 Å². The molecule has 0 aliphatic carbocycles. The molecule has 1 atom stereocenters. The van der Waals surface area contributed by atoms with E-state index in [1.165, 1.54) is 5.56 Å². The minimum atomic E-state index is 0.126. The summed E-state index contributed by atoms with van der Waals surface area (Å²) in [6.07, 6.45) is 1.04. The van der Waals surface area contributed by atoms with Crippen molar-refractivity contribution in [1.29, 1.82) is 0 Å². The number of thiocarbonyl (C=S) groups is 1. The van der Waals surface area contributed by atoms with E-state index in [-0.39, 0.29) is 6.10 Å². The normalized spacial score (nSPS) is 16.1. The van der Waals surface area contributed by atoms with Crippen molar-refractivity contribution < 1.29 is 4.74 Å². The number of ether oxygens (including phenoxy) is 1. The molecule has 3 nitrogen and oxygen atoms in total. The highest BCUT2D eigenvalue weighted by atomic mass is 79.9. The smallest absolute Gasteiger partial charge is 0.123 e. The van der Waals surface area contributed by atoms with E-state index >= 15 is 0 Å². The minimum absolute atomic E-state index is 0.126. The van der Waals surface area contributed by atoms with Gasteiger partial charge in [-0.05, 0) is 39.7 Å². The van der Waals surface area contributed by atoms with Gasteiger partial charge < -0.3 is 15.8 Å². The molecular weight excluding hydrogens is 348 g/mol. The molecule has 5 heteroatoms. The Morgan fingerprint density at radius 2 is 2.10 bits per heavy atom. The molecule has 1 unspecified atom stereocenters. The lowest BCUT2D eigenvalue weighted by Gasteiger charge is -2.16. The third-order valence-corrected chi connectivity index (χ3v) is 4.36. The second kappa shape index (κ2) is 6.03. The fourth-order valence-electron chi connectivity index (χ4n) is 2.51. The van der Waals surface area contributed by atoms with Gasteiger partial charge >= 0.3 is 0 Å². The van der Waals surface area contributed by atoms with Crippen molar-refractivity contribution in [3.8, 4) is 5.75 Å². The second-order valence-electron chi connectivity index (χ2n) is 4.96. The van der Waals surface area contributed by atoms with Gasteiger partial charge in [-0.1, -0.05) is 36.5 Å². The lowest BCUT2D eigenvalue weighted by molar-refractivity contribution is 0.246. The number of hydrogen-bond donors (Lipinski definition) is 2. The van der Waals surface area contributed by atoms with E-state index in [9.17, 15) is 0 Å². The van der Waals surface area contributed by atoms with Crippen molar-refractivity contribution in [3.63, 3.8) is 0 Å². The van der Waals surface area contributed by atoms with E-state index in [1.807, 2.05) is 36.4 Å². The van der Waals surface area contributed by atoms with E-state index in [2.05, 4.69) is 27.3 Å². The molecule has 1 heterocycles. The molecule has 21 heavy (non-hydrogen) atoms. The van der Waals surface area contributed by atoms with Crippen LogP contribution in [0, 0.1) is 0 Å². The Balaban J connectivity index is 1.70. The lowest BCUT2D eigenvalue weighted by atomic mass is 10.1. The predicted octanol–water partition coefficient (Wildman–Crippen LogP) is 3.50. The van der Waals surface area contributed by atoms with Gasteiger partial charge in [-0.3, -0.25) is 0 Å². The van der Waals surface area contributed by atoms with Gasteiger partial charge in [-0.25, -0.2) is 0 Å². The molecule has 0 spiro atoms. The summed E-state index contributed by atoms with van der Waals surface area (Å²) in [5.41, 5.74) is 8.82. The van der Waals surface area contributed by atoms with E-state index < -0.39 is 0 Å². The van der Waals surface area contributed by atoms with Crippen LogP contribution in [0.25, 0.3) is 0 Å². The number of anilines is 1. The van der Waals surface area contributed by atoms with Gasteiger partial charge in [0.05, 0.1) is 6.54 Å². The Kier molecular flexibility index (Phi) is 4.12. The maximum absolute atomic E-state index is 5.92. The van der Waals surface area contributed by atoms with Crippen LogP contribution in [-0.4, -0.2) is 17.6 Å². The van der Waals surface area contributed by atoms with Gasteiger partial charge in [-0.15, -0.1) is 0 Å². The average molecular weight is 363 g/mol. The van der Waals surface area contributed by atoms with Crippen LogP contribution in [0.3, 0.4) is 0 Å². The fraction of sp³-hybridized carbons (Fsp3) is 0.188. The zero-order valence-corrected chi connectivity index (χ0v) is 13.7. The number of benzene rings is 2. The SMILES string of the molecule is NC(=S)c1c(Br)cccc1NCC1Cc2ccccc2O1. The number of fused-ring (bicyclic) bond motifs is 1. The quantitative estimate of drug-likeness (QED) is 0.817.